The number of benzene rings is 1. The molecule has 0 atom stereocenters. The Morgan fingerprint density at radius 1 is 1.41 bits per heavy atom. The van der Waals surface area contributed by atoms with E-state index in [0.29, 0.717) is 16.7 Å². The van der Waals surface area contributed by atoms with Crippen molar-refractivity contribution in [2.45, 2.75) is 6.92 Å². The first kappa shape index (κ1) is 11.4. The normalized spacial score (nSPS) is 10.5. The molecule has 1 aromatic carbocycles. The molecule has 1 heterocycles. The number of hydrogen-bond donors (Lipinski definition) is 1. The molecule has 0 aliphatic heterocycles. The van der Waals surface area contributed by atoms with Gasteiger partial charge in [0.05, 0.1) is 19.2 Å². The second-order valence-electron chi connectivity index (χ2n) is 3.47. The average molecular weight is 237 g/mol. The number of ether oxygens (including phenoxy) is 2. The van der Waals surface area contributed by atoms with Crippen molar-refractivity contribution in [3.63, 3.8) is 0 Å². The SMILES string of the molecule is CCOC(=O)c1cc2c(F)cc(OC)cc2[nH]1. The number of methoxy groups -OCH3 is 1. The Balaban J connectivity index is 2.49. The van der Waals surface area contributed by atoms with E-state index in [-0.39, 0.29) is 12.3 Å². The van der Waals surface area contributed by atoms with E-state index in [1.165, 1.54) is 19.2 Å². The number of hydrogen-bond acceptors (Lipinski definition) is 3. The molecule has 4 nitrogen and oxygen atoms in total. The summed E-state index contributed by atoms with van der Waals surface area (Å²) in [4.78, 5) is 14.3. The zero-order valence-electron chi connectivity index (χ0n) is 9.54. The molecule has 1 N–H and O–H groups in total. The van der Waals surface area contributed by atoms with Crippen LogP contribution in [0.25, 0.3) is 10.9 Å². The maximum absolute atomic E-state index is 13.6. The zero-order valence-corrected chi connectivity index (χ0v) is 9.54. The van der Waals surface area contributed by atoms with Crippen molar-refractivity contribution in [3.8, 4) is 5.75 Å². The van der Waals surface area contributed by atoms with Crippen LogP contribution in [0.1, 0.15) is 17.4 Å². The van der Waals surface area contributed by atoms with Gasteiger partial charge in [-0.2, -0.15) is 0 Å². The molecule has 0 aliphatic carbocycles. The average Bonchev–Trinajstić information content (AvgIpc) is 2.73. The molecule has 0 fully saturated rings. The molecular formula is C12H12FNO3. The standard InChI is InChI=1S/C12H12FNO3/c1-3-17-12(15)11-6-8-9(13)4-7(16-2)5-10(8)14-11/h4-6,14H,3H2,1-2H3. The van der Waals surface area contributed by atoms with Gasteiger partial charge in [0.25, 0.3) is 0 Å². The second-order valence-corrected chi connectivity index (χ2v) is 3.47. The summed E-state index contributed by atoms with van der Waals surface area (Å²) in [5.74, 6) is -0.541. The highest BCUT2D eigenvalue weighted by molar-refractivity contribution is 5.95. The summed E-state index contributed by atoms with van der Waals surface area (Å²) in [6.07, 6.45) is 0. The lowest BCUT2D eigenvalue weighted by Gasteiger charge is -1.99. The molecule has 0 spiro atoms. The lowest BCUT2D eigenvalue weighted by molar-refractivity contribution is 0.0520. The van der Waals surface area contributed by atoms with Crippen molar-refractivity contribution in [2.75, 3.05) is 13.7 Å². The van der Waals surface area contributed by atoms with Crippen LogP contribution in [0.15, 0.2) is 18.2 Å². The number of aromatic amines is 1. The molecule has 0 saturated carbocycles. The molecule has 90 valence electrons. The minimum Gasteiger partial charge on any atom is -0.497 e. The summed E-state index contributed by atoms with van der Waals surface area (Å²) in [6.45, 7) is 1.99. The van der Waals surface area contributed by atoms with Gasteiger partial charge in [0.2, 0.25) is 0 Å². The summed E-state index contributed by atoms with van der Waals surface area (Å²) in [5.41, 5.74) is 0.735. The van der Waals surface area contributed by atoms with Crippen LogP contribution >= 0.6 is 0 Å². The first-order valence-electron chi connectivity index (χ1n) is 5.19. The van der Waals surface area contributed by atoms with Crippen LogP contribution in [0, 0.1) is 5.82 Å². The molecule has 0 radical (unpaired) electrons. The van der Waals surface area contributed by atoms with E-state index in [2.05, 4.69) is 4.98 Å². The molecule has 1 aromatic heterocycles. The van der Waals surface area contributed by atoms with E-state index in [0.717, 1.165) is 0 Å². The van der Waals surface area contributed by atoms with Crippen LogP contribution in [-0.4, -0.2) is 24.7 Å². The fourth-order valence-electron chi connectivity index (χ4n) is 1.61. The highest BCUT2D eigenvalue weighted by Gasteiger charge is 2.13. The molecular weight excluding hydrogens is 225 g/mol. The second kappa shape index (κ2) is 4.45. The largest absolute Gasteiger partial charge is 0.497 e. The minimum absolute atomic E-state index is 0.231. The van der Waals surface area contributed by atoms with Gasteiger partial charge in [-0.3, -0.25) is 0 Å². The van der Waals surface area contributed by atoms with E-state index >= 15 is 0 Å². The van der Waals surface area contributed by atoms with Crippen molar-refractivity contribution in [1.29, 1.82) is 0 Å². The summed E-state index contributed by atoms with van der Waals surface area (Å²) in [5, 5.41) is 0.342. The van der Waals surface area contributed by atoms with Gasteiger partial charge in [0.1, 0.15) is 17.3 Å². The zero-order chi connectivity index (χ0) is 12.4. The number of carbonyl (C=O) groups excluding carboxylic acids is 1. The fraction of sp³-hybridized carbons (Fsp3) is 0.250. The predicted octanol–water partition coefficient (Wildman–Crippen LogP) is 2.49. The Labute approximate surface area is 97.3 Å². The fourth-order valence-corrected chi connectivity index (χ4v) is 1.61. The summed E-state index contributed by atoms with van der Waals surface area (Å²) in [7, 11) is 1.45. The van der Waals surface area contributed by atoms with Crippen molar-refractivity contribution in [3.05, 3.63) is 29.7 Å². The van der Waals surface area contributed by atoms with Crippen LogP contribution in [0.3, 0.4) is 0 Å². The van der Waals surface area contributed by atoms with Crippen molar-refractivity contribution in [1.82, 2.24) is 4.98 Å². The van der Waals surface area contributed by atoms with Gasteiger partial charge in [-0.25, -0.2) is 9.18 Å². The molecule has 2 aromatic rings. The van der Waals surface area contributed by atoms with E-state index < -0.39 is 11.8 Å². The summed E-state index contributed by atoms with van der Waals surface area (Å²) >= 11 is 0. The minimum atomic E-state index is -0.498. The highest BCUT2D eigenvalue weighted by Crippen LogP contribution is 2.25. The van der Waals surface area contributed by atoms with Gasteiger partial charge in [0, 0.05) is 17.5 Å². The van der Waals surface area contributed by atoms with Crippen molar-refractivity contribution >= 4 is 16.9 Å². The number of fused-ring (bicyclic) bond motifs is 1. The Morgan fingerprint density at radius 2 is 2.18 bits per heavy atom. The number of nitrogens with one attached hydrogen (secondary N) is 1. The van der Waals surface area contributed by atoms with Crippen LogP contribution < -0.4 is 4.74 Å². The third-order valence-corrected chi connectivity index (χ3v) is 2.39. The quantitative estimate of drug-likeness (QED) is 0.834. The Bertz CT molecular complexity index is 562. The smallest absolute Gasteiger partial charge is 0.354 e. The highest BCUT2D eigenvalue weighted by atomic mass is 19.1. The van der Waals surface area contributed by atoms with Crippen LogP contribution in [0.5, 0.6) is 5.75 Å². The van der Waals surface area contributed by atoms with E-state index in [1.54, 1.807) is 13.0 Å². The van der Waals surface area contributed by atoms with Crippen LogP contribution in [-0.2, 0) is 4.74 Å². The number of esters is 1. The molecule has 0 saturated heterocycles. The predicted molar refractivity (Wildman–Crippen MR) is 60.8 cm³/mol. The lowest BCUT2D eigenvalue weighted by atomic mass is 10.2. The van der Waals surface area contributed by atoms with Crippen molar-refractivity contribution in [2.24, 2.45) is 0 Å². The number of H-pyrrole nitrogens is 1. The summed E-state index contributed by atoms with van der Waals surface area (Å²) in [6, 6.07) is 4.33. The topological polar surface area (TPSA) is 51.3 Å². The number of aromatic nitrogens is 1. The van der Waals surface area contributed by atoms with E-state index in [4.69, 9.17) is 9.47 Å². The first-order chi connectivity index (χ1) is 8.15. The molecule has 17 heavy (non-hydrogen) atoms. The summed E-state index contributed by atoms with van der Waals surface area (Å²) < 4.78 is 23.4. The van der Waals surface area contributed by atoms with Gasteiger partial charge >= 0.3 is 5.97 Å². The van der Waals surface area contributed by atoms with E-state index in [1.807, 2.05) is 0 Å². The molecule has 0 unspecified atom stereocenters. The molecule has 0 bridgehead atoms. The van der Waals surface area contributed by atoms with Gasteiger partial charge in [-0.15, -0.1) is 0 Å². The van der Waals surface area contributed by atoms with Crippen LogP contribution in [0.2, 0.25) is 0 Å². The van der Waals surface area contributed by atoms with Crippen molar-refractivity contribution < 1.29 is 18.7 Å². The molecule has 5 heteroatoms. The molecule has 0 aliphatic rings. The van der Waals surface area contributed by atoms with E-state index in [9.17, 15) is 9.18 Å². The Kier molecular flexibility index (Phi) is 2.99. The third kappa shape index (κ3) is 2.08. The molecule has 0 amide bonds. The number of halogens is 1. The maximum Gasteiger partial charge on any atom is 0.354 e. The maximum atomic E-state index is 13.6. The Hall–Kier alpha value is -2.04. The van der Waals surface area contributed by atoms with Gasteiger partial charge in [0.15, 0.2) is 0 Å². The monoisotopic (exact) mass is 237 g/mol. The molecule has 2 rings (SSSR count). The first-order valence-corrected chi connectivity index (χ1v) is 5.19. The third-order valence-electron chi connectivity index (χ3n) is 2.39. The van der Waals surface area contributed by atoms with Crippen LogP contribution in [0.4, 0.5) is 4.39 Å². The van der Waals surface area contributed by atoms with Gasteiger partial charge in [-0.05, 0) is 13.0 Å². The lowest BCUT2D eigenvalue weighted by Crippen LogP contribution is -2.04. The number of carbonyl (C=O) groups is 1. The van der Waals surface area contributed by atoms with Gasteiger partial charge in [-0.1, -0.05) is 0 Å². The Morgan fingerprint density at radius 3 is 2.82 bits per heavy atom. The number of rotatable bonds is 3. The van der Waals surface area contributed by atoms with Gasteiger partial charge < -0.3 is 14.5 Å².